The van der Waals surface area contributed by atoms with Gasteiger partial charge < -0.3 is 14.6 Å². The van der Waals surface area contributed by atoms with Crippen molar-refractivity contribution < 1.29 is 9.21 Å². The van der Waals surface area contributed by atoms with Crippen LogP contribution >= 0.6 is 0 Å². The monoisotopic (exact) mass is 415 g/mol. The van der Waals surface area contributed by atoms with Gasteiger partial charge in [-0.15, -0.1) is 0 Å². The first kappa shape index (κ1) is 19.9. The van der Waals surface area contributed by atoms with E-state index in [1.807, 2.05) is 38.3 Å². The Morgan fingerprint density at radius 3 is 2.68 bits per heavy atom. The molecule has 0 aliphatic carbocycles. The maximum absolute atomic E-state index is 12.2. The summed E-state index contributed by atoms with van der Waals surface area (Å²) in [6.45, 7) is 9.31. The van der Waals surface area contributed by atoms with Gasteiger partial charge in [0.1, 0.15) is 11.8 Å². The number of benzene rings is 2. The predicted molar refractivity (Wildman–Crippen MR) is 127 cm³/mol. The van der Waals surface area contributed by atoms with Crippen molar-refractivity contribution in [1.29, 1.82) is 0 Å². The van der Waals surface area contributed by atoms with E-state index in [1.165, 1.54) is 16.6 Å². The smallest absolute Gasteiger partial charge is 0.256 e. The molecule has 2 aliphatic heterocycles. The van der Waals surface area contributed by atoms with Crippen LogP contribution in [0.15, 0.2) is 58.7 Å². The number of aryl methyl sites for hydroxylation is 1. The first-order valence-corrected chi connectivity index (χ1v) is 11.2. The molecule has 1 saturated heterocycles. The lowest BCUT2D eigenvalue weighted by Crippen LogP contribution is -2.46. The van der Waals surface area contributed by atoms with Gasteiger partial charge in [0.2, 0.25) is 0 Å². The number of carbonyl (C=O) groups excluding carboxylic acids is 1. The summed E-state index contributed by atoms with van der Waals surface area (Å²) in [6.07, 6.45) is 4.05. The van der Waals surface area contributed by atoms with E-state index in [0.717, 1.165) is 73.5 Å². The van der Waals surface area contributed by atoms with Crippen LogP contribution in [0, 0.1) is 0 Å². The summed E-state index contributed by atoms with van der Waals surface area (Å²) < 4.78 is 5.72. The highest BCUT2D eigenvalue weighted by atomic mass is 16.3. The Bertz CT molecular complexity index is 1150. The maximum atomic E-state index is 12.2. The first-order chi connectivity index (χ1) is 15.1. The normalized spacial score (nSPS) is 16.6. The Kier molecular flexibility index (Phi) is 5.28. The maximum Gasteiger partial charge on any atom is 0.256 e. The van der Waals surface area contributed by atoms with Crippen molar-refractivity contribution in [3.8, 4) is 0 Å². The predicted octanol–water partition coefficient (Wildman–Crippen LogP) is 4.93. The van der Waals surface area contributed by atoms with Crippen molar-refractivity contribution in [3.05, 3.63) is 65.4 Å². The second kappa shape index (κ2) is 8.23. The van der Waals surface area contributed by atoms with Crippen LogP contribution in [0.5, 0.6) is 0 Å². The van der Waals surface area contributed by atoms with Crippen molar-refractivity contribution in [2.24, 2.45) is 0 Å². The molecule has 0 spiro atoms. The number of amides is 1. The Morgan fingerprint density at radius 1 is 1.06 bits per heavy atom. The standard InChI is InChI=1S/C26H29N3O2/c1-18(2)25-21-16-19(9-10-22(21)27-26(25)30)6-5-11-28-12-14-29(15-13-28)23-17-31-24-8-4-3-7-20(23)24/h3-4,7-10,16-17H,5-6,11-15H2,1-2H3,(H,27,30). The molecule has 2 aromatic carbocycles. The summed E-state index contributed by atoms with van der Waals surface area (Å²) >= 11 is 0. The van der Waals surface area contributed by atoms with E-state index in [1.54, 1.807) is 0 Å². The van der Waals surface area contributed by atoms with Gasteiger partial charge in [-0.3, -0.25) is 9.69 Å². The number of fused-ring (bicyclic) bond motifs is 2. The summed E-state index contributed by atoms with van der Waals surface area (Å²) in [5.41, 5.74) is 7.37. The first-order valence-electron chi connectivity index (χ1n) is 11.2. The zero-order chi connectivity index (χ0) is 21.4. The zero-order valence-corrected chi connectivity index (χ0v) is 18.3. The number of nitrogens with zero attached hydrogens (tertiary/aromatic N) is 2. The van der Waals surface area contributed by atoms with Crippen molar-refractivity contribution in [1.82, 2.24) is 4.90 Å². The largest absolute Gasteiger partial charge is 0.462 e. The average Bonchev–Trinajstić information content (AvgIpc) is 3.34. The number of furan rings is 1. The quantitative estimate of drug-likeness (QED) is 0.600. The Morgan fingerprint density at radius 2 is 1.87 bits per heavy atom. The molecule has 5 nitrogen and oxygen atoms in total. The molecule has 160 valence electrons. The molecule has 0 radical (unpaired) electrons. The van der Waals surface area contributed by atoms with Crippen LogP contribution in [-0.4, -0.2) is 43.5 Å². The fourth-order valence-corrected chi connectivity index (χ4v) is 4.79. The molecule has 0 unspecified atom stereocenters. The fourth-order valence-electron chi connectivity index (χ4n) is 4.79. The van der Waals surface area contributed by atoms with Gasteiger partial charge in [-0.1, -0.05) is 23.8 Å². The van der Waals surface area contributed by atoms with Gasteiger partial charge in [-0.05, 0) is 63.1 Å². The van der Waals surface area contributed by atoms with Gasteiger partial charge in [-0.25, -0.2) is 0 Å². The minimum absolute atomic E-state index is 0.0235. The zero-order valence-electron chi connectivity index (χ0n) is 18.3. The fraction of sp³-hybridized carbons (Fsp3) is 0.346. The highest BCUT2D eigenvalue weighted by Gasteiger charge is 2.25. The molecule has 2 aliphatic rings. The SMILES string of the molecule is CC(C)=C1C(=O)Nc2ccc(CCCN3CCN(c4coc5ccccc45)CC3)cc21. The molecule has 3 heterocycles. The van der Waals surface area contributed by atoms with E-state index in [4.69, 9.17) is 4.42 Å². The molecule has 1 N–H and O–H groups in total. The van der Waals surface area contributed by atoms with E-state index in [-0.39, 0.29) is 5.91 Å². The molecule has 1 amide bonds. The van der Waals surface area contributed by atoms with E-state index in [2.05, 4.69) is 39.4 Å². The molecular weight excluding hydrogens is 386 g/mol. The van der Waals surface area contributed by atoms with Gasteiger partial charge in [0, 0.05) is 48.4 Å². The van der Waals surface area contributed by atoms with Crippen LogP contribution in [0.25, 0.3) is 16.5 Å². The molecule has 0 atom stereocenters. The van der Waals surface area contributed by atoms with Crippen LogP contribution in [-0.2, 0) is 11.2 Å². The number of hydrogen-bond acceptors (Lipinski definition) is 4. The summed E-state index contributed by atoms with van der Waals surface area (Å²) in [5, 5.41) is 4.18. The number of nitrogens with one attached hydrogen (secondary N) is 1. The lowest BCUT2D eigenvalue weighted by Gasteiger charge is -2.35. The van der Waals surface area contributed by atoms with Crippen molar-refractivity contribution in [2.45, 2.75) is 26.7 Å². The molecule has 0 bridgehead atoms. The van der Waals surface area contributed by atoms with Crippen LogP contribution in [0.2, 0.25) is 0 Å². The number of carbonyl (C=O) groups is 1. The van der Waals surface area contributed by atoms with E-state index < -0.39 is 0 Å². The van der Waals surface area contributed by atoms with Crippen molar-refractivity contribution >= 4 is 33.8 Å². The highest BCUT2D eigenvalue weighted by Crippen LogP contribution is 2.34. The summed E-state index contributed by atoms with van der Waals surface area (Å²) in [5.74, 6) is 0.0235. The molecule has 3 aromatic rings. The van der Waals surface area contributed by atoms with Crippen molar-refractivity contribution in [2.75, 3.05) is 42.9 Å². The average molecular weight is 416 g/mol. The minimum atomic E-state index is 0.0235. The third-order valence-electron chi connectivity index (χ3n) is 6.44. The van der Waals surface area contributed by atoms with E-state index in [9.17, 15) is 4.79 Å². The third kappa shape index (κ3) is 3.86. The van der Waals surface area contributed by atoms with Gasteiger partial charge >= 0.3 is 0 Å². The second-order valence-electron chi connectivity index (χ2n) is 8.76. The van der Waals surface area contributed by atoms with Gasteiger partial charge in [-0.2, -0.15) is 0 Å². The summed E-state index contributed by atoms with van der Waals surface area (Å²) in [7, 11) is 0. The molecule has 5 heteroatoms. The third-order valence-corrected chi connectivity index (χ3v) is 6.44. The topological polar surface area (TPSA) is 48.7 Å². The minimum Gasteiger partial charge on any atom is -0.462 e. The second-order valence-corrected chi connectivity index (χ2v) is 8.76. The molecule has 0 saturated carbocycles. The number of rotatable bonds is 5. The van der Waals surface area contributed by atoms with Crippen LogP contribution in [0.3, 0.4) is 0 Å². The Hall–Kier alpha value is -3.05. The lowest BCUT2D eigenvalue weighted by molar-refractivity contribution is -0.110. The van der Waals surface area contributed by atoms with Gasteiger partial charge in [0.15, 0.2) is 0 Å². The lowest BCUT2D eigenvalue weighted by atomic mass is 9.99. The molecular formula is C26H29N3O2. The molecule has 1 fully saturated rings. The van der Waals surface area contributed by atoms with Crippen LogP contribution in [0.1, 0.15) is 31.4 Å². The van der Waals surface area contributed by atoms with E-state index in [0.29, 0.717) is 0 Å². The van der Waals surface area contributed by atoms with Gasteiger partial charge in [0.05, 0.1) is 5.69 Å². The highest BCUT2D eigenvalue weighted by molar-refractivity contribution is 6.32. The summed E-state index contributed by atoms with van der Waals surface area (Å²) in [6, 6.07) is 14.6. The number of allylic oxidation sites excluding steroid dienone is 1. The Labute approximate surface area is 183 Å². The molecule has 1 aromatic heterocycles. The van der Waals surface area contributed by atoms with Crippen LogP contribution in [0.4, 0.5) is 11.4 Å². The number of hydrogen-bond donors (Lipinski definition) is 1. The molecule has 5 rings (SSSR count). The number of piperazine rings is 1. The summed E-state index contributed by atoms with van der Waals surface area (Å²) in [4.78, 5) is 17.2. The van der Waals surface area contributed by atoms with Crippen molar-refractivity contribution in [3.63, 3.8) is 0 Å². The number of para-hydroxylation sites is 1. The van der Waals surface area contributed by atoms with E-state index >= 15 is 0 Å². The molecule has 31 heavy (non-hydrogen) atoms. The number of anilines is 2. The van der Waals surface area contributed by atoms with Gasteiger partial charge in [0.25, 0.3) is 5.91 Å². The van der Waals surface area contributed by atoms with Crippen LogP contribution < -0.4 is 10.2 Å². The Balaban J connectivity index is 1.15.